The van der Waals surface area contributed by atoms with Crippen LogP contribution in [0.4, 0.5) is 5.82 Å². The van der Waals surface area contributed by atoms with Gasteiger partial charge in [-0.3, -0.25) is 0 Å². The molecule has 0 spiro atoms. The minimum absolute atomic E-state index is 0.173. The number of nitrogens with zero attached hydrogens (tertiary/aromatic N) is 3. The Labute approximate surface area is 131 Å². The minimum atomic E-state index is 0.173. The predicted octanol–water partition coefficient (Wildman–Crippen LogP) is 3.83. The van der Waals surface area contributed by atoms with Crippen molar-refractivity contribution in [3.05, 3.63) is 34.1 Å². The van der Waals surface area contributed by atoms with Crippen molar-refractivity contribution in [1.82, 2.24) is 15.1 Å². The number of anilines is 1. The van der Waals surface area contributed by atoms with Crippen LogP contribution in [0.15, 0.2) is 4.52 Å². The van der Waals surface area contributed by atoms with Crippen LogP contribution in [0.2, 0.25) is 0 Å². The Morgan fingerprint density at radius 3 is 2.59 bits per heavy atom. The van der Waals surface area contributed by atoms with E-state index in [4.69, 9.17) is 4.52 Å². The number of rotatable bonds is 4. The molecule has 5 heteroatoms. The summed E-state index contributed by atoms with van der Waals surface area (Å²) in [6, 6.07) is 0.173. The van der Waals surface area contributed by atoms with Gasteiger partial charge >= 0.3 is 0 Å². The first kappa shape index (κ1) is 15.0. The fourth-order valence-electron chi connectivity index (χ4n) is 3.37. The van der Waals surface area contributed by atoms with Crippen LogP contribution in [0.5, 0.6) is 0 Å². The lowest BCUT2D eigenvalue weighted by molar-refractivity contribution is 0.391. The van der Waals surface area contributed by atoms with Crippen LogP contribution < -0.4 is 5.32 Å². The summed E-state index contributed by atoms with van der Waals surface area (Å²) in [5, 5.41) is 7.71. The zero-order valence-electron chi connectivity index (χ0n) is 13.9. The Kier molecular flexibility index (Phi) is 4.14. The fraction of sp³-hybridized carbons (Fsp3) is 0.588. The van der Waals surface area contributed by atoms with E-state index in [1.165, 1.54) is 24.1 Å². The molecule has 0 saturated heterocycles. The van der Waals surface area contributed by atoms with Gasteiger partial charge in [-0.2, -0.15) is 0 Å². The molecule has 0 aromatic carbocycles. The smallest absolute Gasteiger partial charge is 0.139 e. The molecule has 0 saturated carbocycles. The molecular formula is C17H24N4O. The highest BCUT2D eigenvalue weighted by Gasteiger charge is 2.23. The van der Waals surface area contributed by atoms with Gasteiger partial charge in [-0.15, -0.1) is 0 Å². The van der Waals surface area contributed by atoms with E-state index in [9.17, 15) is 0 Å². The first-order valence-corrected chi connectivity index (χ1v) is 8.15. The molecule has 0 fully saturated rings. The molecule has 1 unspecified atom stereocenters. The second-order valence-corrected chi connectivity index (χ2v) is 6.09. The van der Waals surface area contributed by atoms with Crippen molar-refractivity contribution in [3.63, 3.8) is 0 Å². The summed E-state index contributed by atoms with van der Waals surface area (Å²) in [4.78, 5) is 9.29. The second kappa shape index (κ2) is 6.07. The number of aromatic nitrogens is 3. The van der Waals surface area contributed by atoms with Crippen LogP contribution in [-0.4, -0.2) is 15.1 Å². The molecule has 1 aliphatic rings. The largest absolute Gasteiger partial charge is 0.363 e. The van der Waals surface area contributed by atoms with Gasteiger partial charge in [0, 0.05) is 16.8 Å². The van der Waals surface area contributed by atoms with E-state index in [1.54, 1.807) is 0 Å². The normalized spacial score (nSPS) is 15.5. The Balaban J connectivity index is 1.96. The standard InChI is InChI=1S/C17H24N4O/c1-5-14(16-10(2)21-22-11(16)3)20-17-13-8-6-7-9-15(13)18-12(4)19-17/h14H,5-9H2,1-4H3,(H,18,19,20). The van der Waals surface area contributed by atoms with Crippen molar-refractivity contribution in [2.75, 3.05) is 5.32 Å². The molecule has 1 N–H and O–H groups in total. The Morgan fingerprint density at radius 1 is 1.14 bits per heavy atom. The van der Waals surface area contributed by atoms with Gasteiger partial charge in [-0.05, 0) is 52.9 Å². The van der Waals surface area contributed by atoms with Crippen molar-refractivity contribution in [3.8, 4) is 0 Å². The summed E-state index contributed by atoms with van der Waals surface area (Å²) in [7, 11) is 0. The molecule has 118 valence electrons. The maximum Gasteiger partial charge on any atom is 0.139 e. The zero-order valence-corrected chi connectivity index (χ0v) is 13.9. The van der Waals surface area contributed by atoms with E-state index in [1.807, 2.05) is 20.8 Å². The summed E-state index contributed by atoms with van der Waals surface area (Å²) in [5.74, 6) is 2.72. The highest BCUT2D eigenvalue weighted by Crippen LogP contribution is 2.31. The van der Waals surface area contributed by atoms with E-state index in [-0.39, 0.29) is 6.04 Å². The van der Waals surface area contributed by atoms with Crippen molar-refractivity contribution in [1.29, 1.82) is 0 Å². The number of aryl methyl sites for hydroxylation is 4. The molecule has 2 aromatic heterocycles. The molecule has 3 rings (SSSR count). The van der Waals surface area contributed by atoms with Crippen LogP contribution in [0.1, 0.15) is 66.3 Å². The first-order chi connectivity index (χ1) is 10.6. The van der Waals surface area contributed by atoms with E-state index < -0.39 is 0 Å². The first-order valence-electron chi connectivity index (χ1n) is 8.15. The molecule has 2 heterocycles. The number of hydrogen-bond donors (Lipinski definition) is 1. The van der Waals surface area contributed by atoms with Gasteiger partial charge < -0.3 is 9.84 Å². The van der Waals surface area contributed by atoms with Crippen molar-refractivity contribution in [2.45, 2.75) is 65.8 Å². The molecule has 0 radical (unpaired) electrons. The van der Waals surface area contributed by atoms with Gasteiger partial charge in [0.05, 0.1) is 11.7 Å². The van der Waals surface area contributed by atoms with Crippen LogP contribution in [0, 0.1) is 20.8 Å². The molecule has 0 amide bonds. The van der Waals surface area contributed by atoms with E-state index in [2.05, 4.69) is 27.4 Å². The lowest BCUT2D eigenvalue weighted by Crippen LogP contribution is -2.18. The average molecular weight is 300 g/mol. The molecule has 2 aromatic rings. The number of hydrogen-bond acceptors (Lipinski definition) is 5. The predicted molar refractivity (Wildman–Crippen MR) is 86.0 cm³/mol. The van der Waals surface area contributed by atoms with Gasteiger partial charge in [-0.25, -0.2) is 9.97 Å². The quantitative estimate of drug-likeness (QED) is 0.929. The van der Waals surface area contributed by atoms with E-state index >= 15 is 0 Å². The summed E-state index contributed by atoms with van der Waals surface area (Å²) in [6.07, 6.45) is 5.53. The van der Waals surface area contributed by atoms with Crippen LogP contribution in [0.3, 0.4) is 0 Å². The highest BCUT2D eigenvalue weighted by atomic mass is 16.5. The van der Waals surface area contributed by atoms with Crippen molar-refractivity contribution < 1.29 is 4.52 Å². The monoisotopic (exact) mass is 300 g/mol. The maximum absolute atomic E-state index is 5.33. The lowest BCUT2D eigenvalue weighted by Gasteiger charge is -2.23. The Morgan fingerprint density at radius 2 is 1.91 bits per heavy atom. The summed E-state index contributed by atoms with van der Waals surface area (Å²) >= 11 is 0. The lowest BCUT2D eigenvalue weighted by atomic mass is 9.95. The highest BCUT2D eigenvalue weighted by molar-refractivity contribution is 5.50. The summed E-state index contributed by atoms with van der Waals surface area (Å²) in [6.45, 7) is 8.11. The summed E-state index contributed by atoms with van der Waals surface area (Å²) < 4.78 is 5.33. The molecule has 0 bridgehead atoms. The van der Waals surface area contributed by atoms with E-state index in [0.29, 0.717) is 0 Å². The Hall–Kier alpha value is -1.91. The van der Waals surface area contributed by atoms with Gasteiger partial charge in [0.25, 0.3) is 0 Å². The van der Waals surface area contributed by atoms with Crippen LogP contribution >= 0.6 is 0 Å². The summed E-state index contributed by atoms with van der Waals surface area (Å²) in [5.41, 5.74) is 4.62. The van der Waals surface area contributed by atoms with Gasteiger partial charge in [0.15, 0.2) is 0 Å². The average Bonchev–Trinajstić information content (AvgIpc) is 2.84. The van der Waals surface area contributed by atoms with Gasteiger partial charge in [-0.1, -0.05) is 12.1 Å². The van der Waals surface area contributed by atoms with Crippen molar-refractivity contribution in [2.24, 2.45) is 0 Å². The molecule has 5 nitrogen and oxygen atoms in total. The zero-order chi connectivity index (χ0) is 15.7. The van der Waals surface area contributed by atoms with Gasteiger partial charge in [0.1, 0.15) is 17.4 Å². The second-order valence-electron chi connectivity index (χ2n) is 6.09. The maximum atomic E-state index is 5.33. The van der Waals surface area contributed by atoms with E-state index in [0.717, 1.165) is 47.9 Å². The third-order valence-corrected chi connectivity index (χ3v) is 4.45. The minimum Gasteiger partial charge on any atom is -0.363 e. The molecule has 22 heavy (non-hydrogen) atoms. The van der Waals surface area contributed by atoms with Crippen LogP contribution in [0.25, 0.3) is 0 Å². The fourth-order valence-corrected chi connectivity index (χ4v) is 3.37. The third-order valence-electron chi connectivity index (χ3n) is 4.45. The molecule has 1 atom stereocenters. The number of fused-ring (bicyclic) bond motifs is 1. The van der Waals surface area contributed by atoms with Gasteiger partial charge in [0.2, 0.25) is 0 Å². The molecule has 0 aliphatic heterocycles. The number of nitrogens with one attached hydrogen (secondary N) is 1. The van der Waals surface area contributed by atoms with Crippen LogP contribution in [-0.2, 0) is 12.8 Å². The topological polar surface area (TPSA) is 63.8 Å². The third kappa shape index (κ3) is 2.72. The molecular weight excluding hydrogens is 276 g/mol. The Bertz CT molecular complexity index is 658. The SMILES string of the molecule is CCC(Nc1nc(C)nc2c1CCCC2)c1c(C)noc1C. The van der Waals surface area contributed by atoms with Crippen molar-refractivity contribution >= 4 is 5.82 Å². The molecule has 1 aliphatic carbocycles.